The highest BCUT2D eigenvalue weighted by atomic mass is 19.1. The third-order valence-electron chi connectivity index (χ3n) is 6.02. The summed E-state index contributed by atoms with van der Waals surface area (Å²) in [6, 6.07) is 16.6. The molecule has 0 heterocycles. The fraction of sp³-hybridized carbons (Fsp3) is 0.133. The van der Waals surface area contributed by atoms with E-state index in [-0.39, 0.29) is 16.7 Å². The highest BCUT2D eigenvalue weighted by molar-refractivity contribution is 5.93. The molecule has 42 heavy (non-hydrogen) atoms. The number of nitrogen functional groups attached to an aromatic ring is 1. The number of nitrogens with two attached hydrogens (primary N) is 1. The number of hydrogen-bond donors (Lipinski definition) is 1. The molecule has 218 valence electrons. The normalized spacial score (nSPS) is 10.1. The van der Waals surface area contributed by atoms with E-state index in [1.807, 2.05) is 0 Å². The number of nitrogens with zero attached hydrogens (tertiary/aromatic N) is 1. The van der Waals surface area contributed by atoms with E-state index in [9.17, 15) is 28.5 Å². The van der Waals surface area contributed by atoms with Gasteiger partial charge in [-0.15, -0.1) is 0 Å². The maximum absolute atomic E-state index is 14.0. The zero-order chi connectivity index (χ0) is 31.0. The summed E-state index contributed by atoms with van der Waals surface area (Å²) in [5.41, 5.74) is 7.00. The van der Waals surface area contributed by atoms with Gasteiger partial charge in [0.1, 0.15) is 23.1 Å². The number of carbonyl (C=O) groups is 2. The fourth-order valence-electron chi connectivity index (χ4n) is 3.88. The second-order valence-corrected chi connectivity index (χ2v) is 8.47. The topological polar surface area (TPSA) is 140 Å². The minimum atomic E-state index is -0.708. The van der Waals surface area contributed by atoms with Crippen LogP contribution < -0.4 is 15.2 Å². The van der Waals surface area contributed by atoms with E-state index in [1.54, 1.807) is 12.1 Å². The summed E-state index contributed by atoms with van der Waals surface area (Å²) < 4.78 is 47.1. The Bertz CT molecular complexity index is 1640. The molecule has 0 aliphatic carbocycles. The summed E-state index contributed by atoms with van der Waals surface area (Å²) in [5.74, 6) is -1.35. The van der Waals surface area contributed by atoms with Crippen LogP contribution in [-0.2, 0) is 9.47 Å². The lowest BCUT2D eigenvalue weighted by atomic mass is 10.0. The first-order valence-electron chi connectivity index (χ1n) is 12.1. The molecule has 0 spiro atoms. The Balaban J connectivity index is 0.000000231. The summed E-state index contributed by atoms with van der Waals surface area (Å²) in [6.07, 6.45) is 0. The number of rotatable bonds is 7. The third kappa shape index (κ3) is 6.97. The number of esters is 2. The molecule has 0 saturated heterocycles. The van der Waals surface area contributed by atoms with Crippen molar-refractivity contribution in [3.05, 3.63) is 106 Å². The van der Waals surface area contributed by atoms with Gasteiger partial charge in [0.2, 0.25) is 0 Å². The van der Waals surface area contributed by atoms with E-state index in [0.29, 0.717) is 33.9 Å². The van der Waals surface area contributed by atoms with Gasteiger partial charge in [-0.3, -0.25) is 10.1 Å². The lowest BCUT2D eigenvalue weighted by Crippen LogP contribution is -2.03. The van der Waals surface area contributed by atoms with Crippen molar-refractivity contribution in [2.24, 2.45) is 0 Å². The molecule has 10 nitrogen and oxygen atoms in total. The fourth-order valence-corrected chi connectivity index (χ4v) is 3.88. The molecule has 0 unspecified atom stereocenters. The van der Waals surface area contributed by atoms with Crippen molar-refractivity contribution >= 4 is 23.3 Å². The van der Waals surface area contributed by atoms with Crippen LogP contribution in [0.5, 0.6) is 11.5 Å². The van der Waals surface area contributed by atoms with E-state index in [2.05, 4.69) is 9.47 Å². The molecule has 0 aliphatic heterocycles. The van der Waals surface area contributed by atoms with Crippen LogP contribution in [0.15, 0.2) is 72.8 Å². The van der Waals surface area contributed by atoms with Crippen LogP contribution in [0.4, 0.5) is 20.2 Å². The number of carbonyl (C=O) groups excluding carboxylic acids is 2. The van der Waals surface area contributed by atoms with Gasteiger partial charge < -0.3 is 24.7 Å². The van der Waals surface area contributed by atoms with Crippen molar-refractivity contribution in [2.45, 2.75) is 0 Å². The molecule has 2 N–H and O–H groups in total. The van der Waals surface area contributed by atoms with Gasteiger partial charge in [-0.2, -0.15) is 0 Å². The predicted octanol–water partition coefficient (Wildman–Crippen LogP) is 6.07. The molecule has 0 atom stereocenters. The Labute approximate surface area is 239 Å². The molecule has 12 heteroatoms. The third-order valence-corrected chi connectivity index (χ3v) is 6.02. The number of nitro benzene ring substituents is 1. The Morgan fingerprint density at radius 2 is 1.12 bits per heavy atom. The van der Waals surface area contributed by atoms with E-state index in [4.69, 9.17) is 15.2 Å². The lowest BCUT2D eigenvalue weighted by Gasteiger charge is -2.10. The SMILES string of the molecule is COC(=O)c1ccc(-c2cc(OC)ccc2F)c(N)c1.COC(=O)c1ccc(-c2cc(OC)ccc2F)c([N+](=O)[O-])c1. The zero-order valence-electron chi connectivity index (χ0n) is 23.0. The number of halogens is 2. The number of anilines is 1. The van der Waals surface area contributed by atoms with Crippen molar-refractivity contribution in [1.82, 2.24) is 0 Å². The Morgan fingerprint density at radius 1 is 0.667 bits per heavy atom. The lowest BCUT2D eigenvalue weighted by molar-refractivity contribution is -0.384. The van der Waals surface area contributed by atoms with Crippen molar-refractivity contribution in [2.75, 3.05) is 34.2 Å². The van der Waals surface area contributed by atoms with Crippen LogP contribution in [0.25, 0.3) is 22.3 Å². The standard InChI is InChI=1S/C15H12FNO5.C15H14FNO3/c1-21-10-4-6-13(16)12(8-10)11-5-3-9(15(18)22-2)7-14(11)17(19)20;1-19-10-4-6-13(16)12(8-10)11-5-3-9(7-14(11)17)15(18)20-2/h3-8H,1-2H3;3-8H,17H2,1-2H3. The first-order chi connectivity index (χ1) is 20.0. The molecule has 4 aromatic rings. The van der Waals surface area contributed by atoms with Crippen LogP contribution in [0.2, 0.25) is 0 Å². The minimum Gasteiger partial charge on any atom is -0.497 e. The number of benzene rings is 4. The summed E-state index contributed by atoms with van der Waals surface area (Å²) >= 11 is 0. The van der Waals surface area contributed by atoms with Gasteiger partial charge in [-0.1, -0.05) is 6.07 Å². The molecule has 0 aliphatic rings. The van der Waals surface area contributed by atoms with Gasteiger partial charge in [0.25, 0.3) is 5.69 Å². The molecular formula is C30H26F2N2O8. The van der Waals surface area contributed by atoms with E-state index in [0.717, 1.165) is 12.1 Å². The highest BCUT2D eigenvalue weighted by Crippen LogP contribution is 2.35. The minimum absolute atomic E-state index is 0.0151. The highest BCUT2D eigenvalue weighted by Gasteiger charge is 2.21. The average molecular weight is 581 g/mol. The molecular weight excluding hydrogens is 554 g/mol. The van der Waals surface area contributed by atoms with Crippen LogP contribution in [-0.4, -0.2) is 45.3 Å². The zero-order valence-corrected chi connectivity index (χ0v) is 23.0. The van der Waals surface area contributed by atoms with E-state index in [1.165, 1.54) is 77.0 Å². The first-order valence-corrected chi connectivity index (χ1v) is 12.1. The van der Waals surface area contributed by atoms with Crippen molar-refractivity contribution in [1.29, 1.82) is 0 Å². The first kappa shape index (κ1) is 31.0. The van der Waals surface area contributed by atoms with Gasteiger partial charge in [0.05, 0.1) is 50.1 Å². The van der Waals surface area contributed by atoms with Crippen LogP contribution in [0.3, 0.4) is 0 Å². The smallest absolute Gasteiger partial charge is 0.338 e. The molecule has 0 saturated carbocycles. The van der Waals surface area contributed by atoms with Crippen LogP contribution in [0, 0.1) is 21.7 Å². The summed E-state index contributed by atoms with van der Waals surface area (Å²) in [5, 5.41) is 11.2. The maximum atomic E-state index is 14.0. The molecule has 4 rings (SSSR count). The van der Waals surface area contributed by atoms with Crippen molar-refractivity contribution in [3.8, 4) is 33.8 Å². The Hall–Kier alpha value is -5.52. The van der Waals surface area contributed by atoms with Gasteiger partial charge in [-0.25, -0.2) is 18.4 Å². The maximum Gasteiger partial charge on any atom is 0.338 e. The summed E-state index contributed by atoms with van der Waals surface area (Å²) in [4.78, 5) is 33.4. The number of ether oxygens (including phenoxy) is 4. The number of hydrogen-bond acceptors (Lipinski definition) is 9. The molecule has 0 amide bonds. The predicted molar refractivity (Wildman–Crippen MR) is 151 cm³/mol. The van der Waals surface area contributed by atoms with Crippen molar-refractivity contribution in [3.63, 3.8) is 0 Å². The Kier molecular flexibility index (Phi) is 10.1. The van der Waals surface area contributed by atoms with E-state index < -0.39 is 34.2 Å². The second-order valence-electron chi connectivity index (χ2n) is 8.47. The largest absolute Gasteiger partial charge is 0.497 e. The van der Waals surface area contributed by atoms with Gasteiger partial charge in [0.15, 0.2) is 0 Å². The summed E-state index contributed by atoms with van der Waals surface area (Å²) in [6.45, 7) is 0. The monoisotopic (exact) mass is 580 g/mol. The van der Waals surface area contributed by atoms with Gasteiger partial charge >= 0.3 is 11.9 Å². The molecule has 4 aromatic carbocycles. The number of nitro groups is 1. The van der Waals surface area contributed by atoms with Crippen LogP contribution >= 0.6 is 0 Å². The molecule has 0 fully saturated rings. The second kappa shape index (κ2) is 13.7. The van der Waals surface area contributed by atoms with Gasteiger partial charge in [-0.05, 0) is 60.7 Å². The van der Waals surface area contributed by atoms with E-state index >= 15 is 0 Å². The quantitative estimate of drug-likeness (QED) is 0.119. The Morgan fingerprint density at radius 3 is 1.55 bits per heavy atom. The molecule has 0 bridgehead atoms. The summed E-state index contributed by atoms with van der Waals surface area (Å²) in [7, 11) is 5.37. The van der Waals surface area contributed by atoms with Gasteiger partial charge in [0, 0.05) is 28.4 Å². The number of methoxy groups -OCH3 is 4. The average Bonchev–Trinajstić information content (AvgIpc) is 3.01. The molecule has 0 radical (unpaired) electrons. The van der Waals surface area contributed by atoms with Crippen molar-refractivity contribution < 1.29 is 42.2 Å². The van der Waals surface area contributed by atoms with Crippen LogP contribution in [0.1, 0.15) is 20.7 Å². The molecule has 0 aromatic heterocycles.